The normalized spacial score (nSPS) is 11.0. The molecule has 0 bridgehead atoms. The maximum Gasteiger partial charge on any atom is 0.272 e. The molecule has 0 aromatic carbocycles. The topological polar surface area (TPSA) is 227 Å². The number of amides is 7. The Bertz CT molecular complexity index is 2440. The van der Waals surface area contributed by atoms with Crippen LogP contribution in [0.25, 0.3) is 0 Å². The monoisotopic (exact) mass is 876 g/mol. The van der Waals surface area contributed by atoms with Crippen LogP contribution in [0, 0.1) is 0 Å². The highest BCUT2D eigenvalue weighted by Gasteiger charge is 2.20. The van der Waals surface area contributed by atoms with Crippen molar-refractivity contribution in [3.05, 3.63) is 93.2 Å². The van der Waals surface area contributed by atoms with Gasteiger partial charge in [-0.05, 0) is 63.5 Å². The van der Waals surface area contributed by atoms with Gasteiger partial charge in [-0.25, -0.2) is 0 Å². The predicted molar refractivity (Wildman–Crippen MR) is 234 cm³/mol. The Morgan fingerprint density at radius 3 is 1.38 bits per heavy atom. The molecule has 0 unspecified atom stereocenters. The lowest BCUT2D eigenvalue weighted by Crippen LogP contribution is -2.32. The molecule has 0 atom stereocenters. The van der Waals surface area contributed by atoms with E-state index in [1.54, 1.807) is 74.2 Å². The number of carbonyl (C=O) groups is 7. The largest absolute Gasteiger partial charge is 0.356 e. The highest BCUT2D eigenvalue weighted by atomic mass is 35.5. The SMILES string of the molecule is CN(C)CCCNC(=O)CCNC(=O)c1cc(NC(=O)c2cc(NC(=O)CCNC(=O)c3cc(NC(=O)c4cc(NC(=O)c5ccc(Cl)s5)cn4C)cn3C)cn2C)cn1C. The molecule has 7 amide bonds. The van der Waals surface area contributed by atoms with Crippen LogP contribution >= 0.6 is 22.9 Å². The van der Waals surface area contributed by atoms with Crippen LogP contribution in [0.15, 0.2) is 61.2 Å². The summed E-state index contributed by atoms with van der Waals surface area (Å²) < 4.78 is 6.68. The average molecular weight is 877 g/mol. The van der Waals surface area contributed by atoms with Crippen molar-refractivity contribution in [3.63, 3.8) is 0 Å². The first kappa shape index (κ1) is 45.4. The predicted octanol–water partition coefficient (Wildman–Crippen LogP) is 3.46. The lowest BCUT2D eigenvalue weighted by atomic mass is 10.3. The second-order valence-corrected chi connectivity index (χ2v) is 16.1. The van der Waals surface area contributed by atoms with Crippen molar-refractivity contribution < 1.29 is 33.6 Å². The Balaban J connectivity index is 1.05. The number of carbonyl (C=O) groups excluding carboxylic acids is 7. The van der Waals surface area contributed by atoms with Crippen molar-refractivity contribution in [2.75, 3.05) is 61.5 Å². The van der Waals surface area contributed by atoms with E-state index in [-0.39, 0.29) is 60.5 Å². The first-order valence-electron chi connectivity index (χ1n) is 19.1. The Morgan fingerprint density at radius 1 is 0.541 bits per heavy atom. The molecule has 324 valence electrons. The fourth-order valence-electron chi connectivity index (χ4n) is 6.15. The van der Waals surface area contributed by atoms with E-state index in [1.165, 1.54) is 33.4 Å². The Labute approximate surface area is 360 Å². The second-order valence-electron chi connectivity index (χ2n) is 14.4. The number of nitrogens with zero attached hydrogens (tertiary/aromatic N) is 5. The van der Waals surface area contributed by atoms with Gasteiger partial charge in [0.05, 0.1) is 32.0 Å². The third-order valence-electron chi connectivity index (χ3n) is 9.18. The number of aryl methyl sites for hydroxylation is 4. The summed E-state index contributed by atoms with van der Waals surface area (Å²) in [5.74, 6) is -2.72. The number of aromatic nitrogens is 4. The lowest BCUT2D eigenvalue weighted by Gasteiger charge is -2.10. The minimum Gasteiger partial charge on any atom is -0.356 e. The summed E-state index contributed by atoms with van der Waals surface area (Å²) in [6.45, 7) is 1.57. The molecule has 19 nitrogen and oxygen atoms in total. The summed E-state index contributed by atoms with van der Waals surface area (Å²) in [5.41, 5.74) is 2.54. The van der Waals surface area contributed by atoms with Crippen molar-refractivity contribution in [3.8, 4) is 0 Å². The molecule has 7 N–H and O–H groups in total. The zero-order valence-corrected chi connectivity index (χ0v) is 36.2. The van der Waals surface area contributed by atoms with Crippen LogP contribution in [0.1, 0.15) is 70.9 Å². The summed E-state index contributed by atoms with van der Waals surface area (Å²) in [6.07, 6.45) is 7.22. The van der Waals surface area contributed by atoms with Crippen LogP contribution in [0.3, 0.4) is 0 Å². The molecule has 0 aliphatic heterocycles. The van der Waals surface area contributed by atoms with E-state index in [2.05, 4.69) is 37.2 Å². The van der Waals surface area contributed by atoms with Gasteiger partial charge in [-0.15, -0.1) is 11.3 Å². The molecule has 5 aromatic rings. The van der Waals surface area contributed by atoms with Crippen LogP contribution in [0.4, 0.5) is 22.7 Å². The molecular formula is C40H49ClN12O7S. The smallest absolute Gasteiger partial charge is 0.272 e. The van der Waals surface area contributed by atoms with Gasteiger partial charge < -0.3 is 60.4 Å². The number of thiophene rings is 1. The third-order valence-corrected chi connectivity index (χ3v) is 10.4. The van der Waals surface area contributed by atoms with Crippen LogP contribution in [-0.4, -0.2) is 105 Å². The van der Waals surface area contributed by atoms with Gasteiger partial charge in [0.2, 0.25) is 11.8 Å². The average Bonchev–Trinajstić information content (AvgIpc) is 4.02. The maximum absolute atomic E-state index is 13.2. The lowest BCUT2D eigenvalue weighted by molar-refractivity contribution is -0.121. The zero-order chi connectivity index (χ0) is 44.4. The number of hydrogen-bond acceptors (Lipinski definition) is 9. The molecule has 5 rings (SSSR count). The summed E-state index contributed by atoms with van der Waals surface area (Å²) in [7, 11) is 10.5. The summed E-state index contributed by atoms with van der Waals surface area (Å²) in [6, 6.07) is 9.29. The van der Waals surface area contributed by atoms with Crippen LogP contribution in [-0.2, 0) is 37.8 Å². The van der Waals surface area contributed by atoms with Crippen molar-refractivity contribution >= 4 is 87.0 Å². The Hall–Kier alpha value is -6.64. The van der Waals surface area contributed by atoms with Crippen LogP contribution in [0.2, 0.25) is 4.34 Å². The summed E-state index contributed by atoms with van der Waals surface area (Å²) in [5, 5.41) is 19.2. The Morgan fingerprint density at radius 2 is 0.951 bits per heavy atom. The summed E-state index contributed by atoms with van der Waals surface area (Å²) in [4.78, 5) is 91.9. The molecule has 5 heterocycles. The Kier molecular flexibility index (Phi) is 15.3. The fraction of sp³-hybridized carbons (Fsp3) is 0.325. The van der Waals surface area contributed by atoms with Gasteiger partial charge in [0.25, 0.3) is 29.5 Å². The number of rotatable bonds is 19. The molecule has 0 radical (unpaired) electrons. The molecule has 21 heteroatoms. The minimum atomic E-state index is -0.477. The quantitative estimate of drug-likeness (QED) is 0.0607. The van der Waals surface area contributed by atoms with E-state index in [0.717, 1.165) is 24.3 Å². The van der Waals surface area contributed by atoms with E-state index in [0.29, 0.717) is 38.5 Å². The molecule has 0 aliphatic rings. The van der Waals surface area contributed by atoms with Crippen molar-refractivity contribution in [2.24, 2.45) is 28.2 Å². The molecule has 0 fully saturated rings. The van der Waals surface area contributed by atoms with Crippen LogP contribution < -0.4 is 37.2 Å². The van der Waals surface area contributed by atoms with Crippen molar-refractivity contribution in [1.29, 1.82) is 0 Å². The molecule has 5 aromatic heterocycles. The van der Waals surface area contributed by atoms with Gasteiger partial charge >= 0.3 is 0 Å². The molecule has 0 aliphatic carbocycles. The van der Waals surface area contributed by atoms with Crippen molar-refractivity contribution in [2.45, 2.75) is 19.3 Å². The van der Waals surface area contributed by atoms with E-state index in [4.69, 9.17) is 11.6 Å². The van der Waals surface area contributed by atoms with E-state index in [1.807, 2.05) is 19.0 Å². The fourth-order valence-corrected chi connectivity index (χ4v) is 7.09. The highest BCUT2D eigenvalue weighted by Crippen LogP contribution is 2.24. The highest BCUT2D eigenvalue weighted by molar-refractivity contribution is 7.18. The molecule has 61 heavy (non-hydrogen) atoms. The van der Waals surface area contributed by atoms with Gasteiger partial charge in [0, 0.05) is 85.5 Å². The van der Waals surface area contributed by atoms with Crippen LogP contribution in [0.5, 0.6) is 0 Å². The molecule has 0 saturated heterocycles. The standard InChI is InChI=1S/C40H49ClN12O7S/c1-49(2)15-7-12-42-34(54)10-13-43-36(56)28-17-25(21-50(28)3)46-38(58)30-16-24(20-52(30)5)45-35(55)11-14-44-37(57)29-18-26(22-51(29)4)47-39(59)31-19-27(23-53(31)6)48-40(60)32-8-9-33(41)61-32/h8-9,16-23H,7,10-15H2,1-6H3,(H,42,54)(H,43,56)(H,44,57)(H,45,55)(H,46,58)(H,47,59)(H,48,60). The second kappa shape index (κ2) is 20.6. The number of nitrogens with one attached hydrogen (secondary N) is 7. The van der Waals surface area contributed by atoms with Crippen molar-refractivity contribution in [1.82, 2.24) is 39.1 Å². The van der Waals surface area contributed by atoms with E-state index >= 15 is 0 Å². The van der Waals surface area contributed by atoms with E-state index in [9.17, 15) is 33.6 Å². The van der Waals surface area contributed by atoms with Gasteiger partial charge in [-0.3, -0.25) is 33.6 Å². The summed E-state index contributed by atoms with van der Waals surface area (Å²) >= 11 is 7.07. The number of anilines is 4. The van der Waals surface area contributed by atoms with Gasteiger partial charge in [0.1, 0.15) is 22.8 Å². The number of hydrogen-bond donors (Lipinski definition) is 7. The maximum atomic E-state index is 13.2. The molecule has 0 saturated carbocycles. The third kappa shape index (κ3) is 12.7. The molecule has 0 spiro atoms. The molecular weight excluding hydrogens is 828 g/mol. The number of halogens is 1. The minimum absolute atomic E-state index is 0.00140. The van der Waals surface area contributed by atoms with Gasteiger partial charge in [-0.1, -0.05) is 11.6 Å². The zero-order valence-electron chi connectivity index (χ0n) is 34.6. The first-order valence-corrected chi connectivity index (χ1v) is 20.3. The van der Waals surface area contributed by atoms with Gasteiger partial charge in [0.15, 0.2) is 0 Å². The van der Waals surface area contributed by atoms with Gasteiger partial charge in [-0.2, -0.15) is 0 Å². The first-order chi connectivity index (χ1) is 29.0. The van der Waals surface area contributed by atoms with E-state index < -0.39 is 29.5 Å².